The van der Waals surface area contributed by atoms with Gasteiger partial charge in [0.25, 0.3) is 9.04 Å². The summed E-state index contributed by atoms with van der Waals surface area (Å²) in [5, 5.41) is 0. The summed E-state index contributed by atoms with van der Waals surface area (Å²) in [4.78, 5) is 8.63. The van der Waals surface area contributed by atoms with E-state index < -0.39 is 9.04 Å². The number of para-hydroxylation sites is 1. The highest BCUT2D eigenvalue weighted by Gasteiger charge is 2.05. The van der Waals surface area contributed by atoms with Crippen LogP contribution in [0, 0.1) is 0 Å². The first kappa shape index (κ1) is 13.5. The minimum absolute atomic E-state index is 0.613. The number of rotatable bonds is 5. The molecule has 3 nitrogen and oxygen atoms in total. The summed E-state index contributed by atoms with van der Waals surface area (Å²) in [6.45, 7) is 4.86. The van der Waals surface area contributed by atoms with E-state index in [2.05, 4.69) is 29.1 Å². The van der Waals surface area contributed by atoms with Crippen LogP contribution in [0.2, 0.25) is 13.1 Å². The second-order valence-corrected chi connectivity index (χ2v) is 6.36. The Morgan fingerprint density at radius 3 is 2.68 bits per heavy atom. The van der Waals surface area contributed by atoms with Gasteiger partial charge in [-0.15, -0.1) is 0 Å². The summed E-state index contributed by atoms with van der Waals surface area (Å²) < 4.78 is 5.86. The lowest BCUT2D eigenvalue weighted by atomic mass is 10.2. The first-order valence-corrected chi connectivity index (χ1v) is 8.63. The SMILES string of the molecule is C[Si](C)Oc1ccccc1CN=Cc1ccccn1. The van der Waals surface area contributed by atoms with E-state index in [0.29, 0.717) is 6.54 Å². The third kappa shape index (κ3) is 4.33. The number of hydrogen-bond acceptors (Lipinski definition) is 3. The molecule has 0 saturated carbocycles. The monoisotopic (exact) mass is 269 g/mol. The molecule has 4 heteroatoms. The zero-order chi connectivity index (χ0) is 13.5. The molecule has 0 aliphatic carbocycles. The molecule has 2 aromatic rings. The molecule has 2 rings (SSSR count). The van der Waals surface area contributed by atoms with Gasteiger partial charge in [0.2, 0.25) is 0 Å². The van der Waals surface area contributed by atoms with Gasteiger partial charge in [-0.1, -0.05) is 24.3 Å². The Morgan fingerprint density at radius 1 is 1.16 bits per heavy atom. The largest absolute Gasteiger partial charge is 0.542 e. The summed E-state index contributed by atoms with van der Waals surface area (Å²) in [6.07, 6.45) is 3.56. The lowest BCUT2D eigenvalue weighted by molar-refractivity contribution is 0.572. The molecule has 0 bridgehead atoms. The van der Waals surface area contributed by atoms with Gasteiger partial charge in [0.15, 0.2) is 0 Å². The van der Waals surface area contributed by atoms with Crippen LogP contribution in [0.15, 0.2) is 53.7 Å². The van der Waals surface area contributed by atoms with Crippen LogP contribution in [-0.4, -0.2) is 20.2 Å². The molecule has 0 unspecified atom stereocenters. The van der Waals surface area contributed by atoms with E-state index in [4.69, 9.17) is 4.43 Å². The van der Waals surface area contributed by atoms with Gasteiger partial charge in [-0.25, -0.2) is 0 Å². The van der Waals surface area contributed by atoms with Crippen LogP contribution in [0.4, 0.5) is 0 Å². The molecule has 0 fully saturated rings. The van der Waals surface area contributed by atoms with E-state index in [-0.39, 0.29) is 0 Å². The summed E-state index contributed by atoms with van der Waals surface area (Å²) in [7, 11) is -0.749. The highest BCUT2D eigenvalue weighted by Crippen LogP contribution is 2.19. The average molecular weight is 269 g/mol. The fourth-order valence-electron chi connectivity index (χ4n) is 1.64. The molecule has 0 atom stereocenters. The Hall–Kier alpha value is -1.94. The smallest absolute Gasteiger partial charge is 0.274 e. The van der Waals surface area contributed by atoms with Gasteiger partial charge in [0.1, 0.15) is 5.75 Å². The van der Waals surface area contributed by atoms with Crippen LogP contribution in [-0.2, 0) is 6.54 Å². The zero-order valence-electron chi connectivity index (χ0n) is 11.2. The first-order valence-electron chi connectivity index (χ1n) is 6.22. The second-order valence-electron chi connectivity index (χ2n) is 4.34. The normalized spacial score (nSPS) is 11.1. The zero-order valence-corrected chi connectivity index (χ0v) is 12.2. The minimum atomic E-state index is -0.749. The molecule has 97 valence electrons. The Bertz CT molecular complexity index is 541. The summed E-state index contributed by atoms with van der Waals surface area (Å²) in [5.74, 6) is 0.944. The van der Waals surface area contributed by atoms with E-state index in [0.717, 1.165) is 17.0 Å². The molecular formula is C15H17N2OSi. The van der Waals surface area contributed by atoms with Crippen LogP contribution in [0.3, 0.4) is 0 Å². The van der Waals surface area contributed by atoms with Crippen molar-refractivity contribution in [2.75, 3.05) is 0 Å². The Labute approximate surface area is 115 Å². The van der Waals surface area contributed by atoms with E-state index in [1.807, 2.05) is 36.4 Å². The van der Waals surface area contributed by atoms with Crippen LogP contribution in [0.25, 0.3) is 0 Å². The van der Waals surface area contributed by atoms with Gasteiger partial charge < -0.3 is 4.43 Å². The number of nitrogens with zero attached hydrogens (tertiary/aromatic N) is 2. The van der Waals surface area contributed by atoms with E-state index >= 15 is 0 Å². The predicted molar refractivity (Wildman–Crippen MR) is 80.1 cm³/mol. The number of benzene rings is 1. The molecular weight excluding hydrogens is 252 g/mol. The Kier molecular flexibility index (Phi) is 4.86. The highest BCUT2D eigenvalue weighted by atomic mass is 28.3. The summed E-state index contributed by atoms with van der Waals surface area (Å²) in [5.41, 5.74) is 1.98. The summed E-state index contributed by atoms with van der Waals surface area (Å²) >= 11 is 0. The maximum atomic E-state index is 5.86. The number of hydrogen-bond donors (Lipinski definition) is 0. The van der Waals surface area contributed by atoms with Crippen molar-refractivity contribution in [2.45, 2.75) is 19.6 Å². The van der Waals surface area contributed by atoms with Crippen molar-refractivity contribution in [1.82, 2.24) is 4.98 Å². The molecule has 0 saturated heterocycles. The summed E-state index contributed by atoms with van der Waals surface area (Å²) in [6, 6.07) is 13.8. The molecule has 0 N–H and O–H groups in total. The molecule has 1 radical (unpaired) electrons. The maximum Gasteiger partial charge on any atom is 0.274 e. The molecule has 0 amide bonds. The van der Waals surface area contributed by atoms with Crippen molar-refractivity contribution in [3.63, 3.8) is 0 Å². The first-order chi connectivity index (χ1) is 9.25. The fourth-order valence-corrected chi connectivity index (χ4v) is 2.28. The fraction of sp³-hybridized carbons (Fsp3) is 0.200. The second kappa shape index (κ2) is 6.85. The van der Waals surface area contributed by atoms with Crippen molar-refractivity contribution in [2.24, 2.45) is 4.99 Å². The molecule has 19 heavy (non-hydrogen) atoms. The standard InChI is InChI=1S/C15H17N2OSi/c1-19(2)18-15-9-4-3-7-13(15)11-16-12-14-8-5-6-10-17-14/h3-10,12H,11H2,1-2H3. The van der Waals surface area contributed by atoms with Crippen LogP contribution < -0.4 is 4.43 Å². The lowest BCUT2D eigenvalue weighted by Crippen LogP contribution is -2.12. The molecule has 0 aliphatic rings. The Morgan fingerprint density at radius 2 is 1.95 bits per heavy atom. The van der Waals surface area contributed by atoms with E-state index in [1.54, 1.807) is 12.4 Å². The van der Waals surface area contributed by atoms with Gasteiger partial charge in [0, 0.05) is 18.0 Å². The van der Waals surface area contributed by atoms with Gasteiger partial charge in [0.05, 0.1) is 12.2 Å². The van der Waals surface area contributed by atoms with Gasteiger partial charge in [-0.3, -0.25) is 9.98 Å². The van der Waals surface area contributed by atoms with Gasteiger partial charge in [-0.05, 0) is 31.3 Å². The highest BCUT2D eigenvalue weighted by molar-refractivity contribution is 6.49. The van der Waals surface area contributed by atoms with Crippen LogP contribution >= 0.6 is 0 Å². The van der Waals surface area contributed by atoms with Crippen molar-refractivity contribution < 1.29 is 4.43 Å². The quantitative estimate of drug-likeness (QED) is 0.616. The molecule has 0 aliphatic heterocycles. The van der Waals surface area contributed by atoms with Crippen molar-refractivity contribution in [3.05, 3.63) is 59.9 Å². The topological polar surface area (TPSA) is 34.5 Å². The number of aromatic nitrogens is 1. The lowest BCUT2D eigenvalue weighted by Gasteiger charge is -2.11. The third-order valence-electron chi connectivity index (χ3n) is 2.46. The molecule has 1 aromatic carbocycles. The Balaban J connectivity index is 2.05. The van der Waals surface area contributed by atoms with Gasteiger partial charge >= 0.3 is 0 Å². The van der Waals surface area contributed by atoms with Crippen molar-refractivity contribution in [3.8, 4) is 5.75 Å². The number of pyridine rings is 1. The number of aliphatic imine (C=N–C) groups is 1. The molecule has 1 heterocycles. The average Bonchev–Trinajstić information content (AvgIpc) is 2.41. The van der Waals surface area contributed by atoms with Crippen molar-refractivity contribution >= 4 is 15.3 Å². The van der Waals surface area contributed by atoms with Crippen LogP contribution in [0.5, 0.6) is 5.75 Å². The van der Waals surface area contributed by atoms with E-state index in [9.17, 15) is 0 Å². The molecule has 1 aromatic heterocycles. The third-order valence-corrected chi connectivity index (χ3v) is 3.09. The van der Waals surface area contributed by atoms with E-state index in [1.165, 1.54) is 0 Å². The maximum absolute atomic E-state index is 5.86. The van der Waals surface area contributed by atoms with Crippen LogP contribution in [0.1, 0.15) is 11.3 Å². The molecule has 0 spiro atoms. The van der Waals surface area contributed by atoms with Gasteiger partial charge in [-0.2, -0.15) is 0 Å². The minimum Gasteiger partial charge on any atom is -0.542 e. The van der Waals surface area contributed by atoms with Crippen molar-refractivity contribution in [1.29, 1.82) is 0 Å². The predicted octanol–water partition coefficient (Wildman–Crippen LogP) is 3.33.